The van der Waals surface area contributed by atoms with Crippen LogP contribution in [0.2, 0.25) is 5.28 Å². The Morgan fingerprint density at radius 2 is 2.36 bits per heavy atom. The molecule has 3 nitrogen and oxygen atoms in total. The highest BCUT2D eigenvalue weighted by molar-refractivity contribution is 6.28. The van der Waals surface area contributed by atoms with Crippen LogP contribution in [0.3, 0.4) is 0 Å². The van der Waals surface area contributed by atoms with Gasteiger partial charge >= 0.3 is 0 Å². The van der Waals surface area contributed by atoms with Crippen molar-refractivity contribution in [3.8, 4) is 0 Å². The summed E-state index contributed by atoms with van der Waals surface area (Å²) in [5.74, 6) is 0.818. The van der Waals surface area contributed by atoms with E-state index in [1.54, 1.807) is 6.20 Å². The molecule has 0 atom stereocenters. The molecule has 2 rings (SSSR count). The molecular formula is C10H14ClN3. The molecule has 76 valence electrons. The normalized spacial score (nSPS) is 18.7. The average Bonchev–Trinajstić information content (AvgIpc) is 2.12. The fourth-order valence-electron chi connectivity index (χ4n) is 1.69. The second kappa shape index (κ2) is 3.73. The second-order valence-corrected chi connectivity index (χ2v) is 4.57. The van der Waals surface area contributed by atoms with Crippen molar-refractivity contribution in [1.29, 1.82) is 0 Å². The first-order chi connectivity index (χ1) is 6.68. The van der Waals surface area contributed by atoms with Crippen LogP contribution in [0.15, 0.2) is 12.3 Å². The molecule has 0 aromatic carbocycles. The van der Waals surface area contributed by atoms with E-state index in [1.165, 1.54) is 19.3 Å². The summed E-state index contributed by atoms with van der Waals surface area (Å²) in [6.07, 6.45) is 5.63. The predicted octanol–water partition coefficient (Wildman–Crippen LogP) is 2.73. The van der Waals surface area contributed by atoms with E-state index in [4.69, 9.17) is 11.6 Å². The zero-order valence-corrected chi connectivity index (χ0v) is 9.01. The first-order valence-corrected chi connectivity index (χ1v) is 5.28. The Bertz CT molecular complexity index is 323. The number of aromatic nitrogens is 2. The Morgan fingerprint density at radius 3 is 2.93 bits per heavy atom. The maximum atomic E-state index is 5.68. The topological polar surface area (TPSA) is 37.8 Å². The van der Waals surface area contributed by atoms with Crippen molar-refractivity contribution in [2.45, 2.75) is 26.2 Å². The monoisotopic (exact) mass is 211 g/mol. The van der Waals surface area contributed by atoms with Crippen LogP contribution in [0.1, 0.15) is 26.2 Å². The molecule has 1 aromatic rings. The van der Waals surface area contributed by atoms with Gasteiger partial charge in [-0.2, -0.15) is 0 Å². The number of rotatable bonds is 3. The summed E-state index contributed by atoms with van der Waals surface area (Å²) in [5.41, 5.74) is 0.456. The van der Waals surface area contributed by atoms with Gasteiger partial charge in [-0.15, -0.1) is 0 Å². The van der Waals surface area contributed by atoms with E-state index in [0.717, 1.165) is 12.4 Å². The van der Waals surface area contributed by atoms with Crippen molar-refractivity contribution in [3.05, 3.63) is 17.5 Å². The summed E-state index contributed by atoms with van der Waals surface area (Å²) in [4.78, 5) is 7.91. The number of anilines is 1. The Labute approximate surface area is 88.9 Å². The molecule has 14 heavy (non-hydrogen) atoms. The lowest BCUT2D eigenvalue weighted by Crippen LogP contribution is -2.33. The van der Waals surface area contributed by atoms with Gasteiger partial charge in [0.25, 0.3) is 0 Å². The smallest absolute Gasteiger partial charge is 0.224 e. The fourth-order valence-corrected chi connectivity index (χ4v) is 1.84. The Hall–Kier alpha value is -0.830. The van der Waals surface area contributed by atoms with Crippen LogP contribution in [0.4, 0.5) is 5.82 Å². The maximum absolute atomic E-state index is 5.68. The van der Waals surface area contributed by atoms with Crippen LogP contribution < -0.4 is 5.32 Å². The first kappa shape index (κ1) is 9.71. The first-order valence-electron chi connectivity index (χ1n) is 4.90. The largest absolute Gasteiger partial charge is 0.369 e. The molecule has 1 aromatic heterocycles. The lowest BCUT2D eigenvalue weighted by Gasteiger charge is -2.38. The van der Waals surface area contributed by atoms with Crippen LogP contribution >= 0.6 is 11.6 Å². The van der Waals surface area contributed by atoms with Crippen molar-refractivity contribution < 1.29 is 0 Å². The number of nitrogens with one attached hydrogen (secondary N) is 1. The van der Waals surface area contributed by atoms with Gasteiger partial charge in [0.2, 0.25) is 5.28 Å². The van der Waals surface area contributed by atoms with E-state index in [1.807, 2.05) is 6.07 Å². The van der Waals surface area contributed by atoms with Crippen molar-refractivity contribution in [2.24, 2.45) is 5.41 Å². The summed E-state index contributed by atoms with van der Waals surface area (Å²) < 4.78 is 0. The molecular weight excluding hydrogens is 198 g/mol. The van der Waals surface area contributed by atoms with E-state index in [9.17, 15) is 0 Å². The SMILES string of the molecule is CC1(CNc2ccnc(Cl)n2)CCC1. The van der Waals surface area contributed by atoms with E-state index in [2.05, 4.69) is 22.2 Å². The highest BCUT2D eigenvalue weighted by atomic mass is 35.5. The average molecular weight is 212 g/mol. The van der Waals surface area contributed by atoms with Gasteiger partial charge in [0.15, 0.2) is 0 Å². The maximum Gasteiger partial charge on any atom is 0.224 e. The van der Waals surface area contributed by atoms with Gasteiger partial charge < -0.3 is 5.32 Å². The molecule has 1 heterocycles. The molecule has 1 fully saturated rings. The molecule has 0 aliphatic heterocycles. The van der Waals surface area contributed by atoms with E-state index in [-0.39, 0.29) is 0 Å². The predicted molar refractivity (Wildman–Crippen MR) is 57.5 cm³/mol. The zero-order chi connectivity index (χ0) is 10.0. The summed E-state index contributed by atoms with van der Waals surface area (Å²) in [6, 6.07) is 1.84. The Kier molecular flexibility index (Phi) is 2.59. The molecule has 4 heteroatoms. The second-order valence-electron chi connectivity index (χ2n) is 4.23. The van der Waals surface area contributed by atoms with Gasteiger partial charge in [-0.3, -0.25) is 0 Å². The summed E-state index contributed by atoms with van der Waals surface area (Å²) in [5, 5.41) is 3.59. The third-order valence-corrected chi connectivity index (χ3v) is 3.07. The van der Waals surface area contributed by atoms with Crippen molar-refractivity contribution in [1.82, 2.24) is 9.97 Å². The van der Waals surface area contributed by atoms with Gasteiger partial charge in [-0.1, -0.05) is 13.3 Å². The van der Waals surface area contributed by atoms with Crippen LogP contribution in [0, 0.1) is 5.41 Å². The number of nitrogens with zero attached hydrogens (tertiary/aromatic N) is 2. The van der Waals surface area contributed by atoms with E-state index < -0.39 is 0 Å². The molecule has 0 unspecified atom stereocenters. The zero-order valence-electron chi connectivity index (χ0n) is 8.26. The van der Waals surface area contributed by atoms with Crippen molar-refractivity contribution >= 4 is 17.4 Å². The third kappa shape index (κ3) is 2.15. The highest BCUT2D eigenvalue weighted by Crippen LogP contribution is 2.40. The van der Waals surface area contributed by atoms with Crippen LogP contribution in [0.5, 0.6) is 0 Å². The lowest BCUT2D eigenvalue weighted by molar-refractivity contribution is 0.180. The molecule has 0 saturated heterocycles. The molecule has 1 N–H and O–H groups in total. The van der Waals surface area contributed by atoms with E-state index >= 15 is 0 Å². The van der Waals surface area contributed by atoms with Gasteiger partial charge in [-0.05, 0) is 35.9 Å². The molecule has 0 amide bonds. The lowest BCUT2D eigenvalue weighted by atomic mass is 9.70. The van der Waals surface area contributed by atoms with Crippen molar-refractivity contribution in [3.63, 3.8) is 0 Å². The Balaban J connectivity index is 1.91. The summed E-state index contributed by atoms with van der Waals surface area (Å²) in [6.45, 7) is 3.27. The minimum atomic E-state index is 0.300. The quantitative estimate of drug-likeness (QED) is 0.782. The third-order valence-electron chi connectivity index (χ3n) is 2.88. The summed E-state index contributed by atoms with van der Waals surface area (Å²) >= 11 is 5.68. The Morgan fingerprint density at radius 1 is 1.57 bits per heavy atom. The van der Waals surface area contributed by atoms with Crippen LogP contribution in [-0.4, -0.2) is 16.5 Å². The number of halogens is 1. The number of hydrogen-bond donors (Lipinski definition) is 1. The van der Waals surface area contributed by atoms with Crippen LogP contribution in [0.25, 0.3) is 0 Å². The fraction of sp³-hybridized carbons (Fsp3) is 0.600. The molecule has 1 aliphatic carbocycles. The number of hydrogen-bond acceptors (Lipinski definition) is 3. The minimum Gasteiger partial charge on any atom is -0.369 e. The van der Waals surface area contributed by atoms with Gasteiger partial charge in [0.05, 0.1) is 0 Å². The van der Waals surface area contributed by atoms with Crippen molar-refractivity contribution in [2.75, 3.05) is 11.9 Å². The van der Waals surface area contributed by atoms with Gasteiger partial charge in [0.1, 0.15) is 5.82 Å². The molecule has 0 spiro atoms. The van der Waals surface area contributed by atoms with Gasteiger partial charge in [-0.25, -0.2) is 9.97 Å². The van der Waals surface area contributed by atoms with Crippen LogP contribution in [-0.2, 0) is 0 Å². The molecule has 1 aliphatic rings. The standard InChI is InChI=1S/C10H14ClN3/c1-10(4-2-5-10)7-13-8-3-6-12-9(11)14-8/h3,6H,2,4-5,7H2,1H3,(H,12,13,14). The molecule has 0 radical (unpaired) electrons. The molecule has 0 bridgehead atoms. The highest BCUT2D eigenvalue weighted by Gasteiger charge is 2.31. The summed E-state index contributed by atoms with van der Waals surface area (Å²) in [7, 11) is 0. The minimum absolute atomic E-state index is 0.300. The van der Waals surface area contributed by atoms with Gasteiger partial charge in [0, 0.05) is 12.7 Å². The molecule has 1 saturated carbocycles. The van der Waals surface area contributed by atoms with E-state index in [0.29, 0.717) is 10.7 Å².